The summed E-state index contributed by atoms with van der Waals surface area (Å²) in [6.07, 6.45) is 1.59. The molecule has 0 saturated carbocycles. The minimum absolute atomic E-state index is 0.115. The van der Waals surface area contributed by atoms with Crippen molar-refractivity contribution in [3.63, 3.8) is 0 Å². The van der Waals surface area contributed by atoms with Gasteiger partial charge in [0.25, 0.3) is 11.8 Å². The van der Waals surface area contributed by atoms with Gasteiger partial charge in [0.15, 0.2) is 0 Å². The van der Waals surface area contributed by atoms with Crippen molar-refractivity contribution >= 4 is 40.5 Å². The number of carbonyl (C=O) groups is 2. The van der Waals surface area contributed by atoms with Crippen LogP contribution in [0.3, 0.4) is 0 Å². The molecule has 0 aromatic heterocycles. The highest BCUT2D eigenvalue weighted by Crippen LogP contribution is 2.09. The van der Waals surface area contributed by atoms with E-state index in [2.05, 4.69) is 33.2 Å². The highest BCUT2D eigenvalue weighted by molar-refractivity contribution is 14.1. The number of aliphatic hydroxyl groups is 1. The molecule has 2 amide bonds. The number of hydrogen-bond donors (Lipinski definition) is 3. The summed E-state index contributed by atoms with van der Waals surface area (Å²) >= 11 is 2.16. The van der Waals surface area contributed by atoms with Crippen LogP contribution in [0.1, 0.15) is 15.9 Å². The molecule has 2 aromatic carbocycles. The fourth-order valence-corrected chi connectivity index (χ4v) is 2.29. The van der Waals surface area contributed by atoms with Crippen molar-refractivity contribution in [2.24, 2.45) is 0 Å². The van der Waals surface area contributed by atoms with Crippen molar-refractivity contribution in [2.45, 2.75) is 0 Å². The number of hydrogen-bond acceptors (Lipinski definition) is 3. The first-order valence-electron chi connectivity index (χ1n) is 7.33. The van der Waals surface area contributed by atoms with Gasteiger partial charge >= 0.3 is 0 Å². The zero-order chi connectivity index (χ0) is 17.4. The topological polar surface area (TPSA) is 78.4 Å². The van der Waals surface area contributed by atoms with Gasteiger partial charge < -0.3 is 15.7 Å². The molecule has 0 unspecified atom stereocenters. The number of carbonyl (C=O) groups excluding carboxylic acids is 2. The van der Waals surface area contributed by atoms with Crippen LogP contribution in [0.15, 0.2) is 60.3 Å². The zero-order valence-corrected chi connectivity index (χ0v) is 15.0. The first-order chi connectivity index (χ1) is 11.6. The van der Waals surface area contributed by atoms with E-state index in [0.29, 0.717) is 5.56 Å². The van der Waals surface area contributed by atoms with Crippen molar-refractivity contribution in [3.8, 4) is 0 Å². The van der Waals surface area contributed by atoms with Crippen LogP contribution in [-0.2, 0) is 4.79 Å². The molecule has 0 bridgehead atoms. The first kappa shape index (κ1) is 18.2. The molecule has 2 rings (SSSR count). The highest BCUT2D eigenvalue weighted by Gasteiger charge is 2.14. The molecule has 0 atom stereocenters. The smallest absolute Gasteiger partial charge is 0.267 e. The second-order valence-electron chi connectivity index (χ2n) is 4.91. The summed E-state index contributed by atoms with van der Waals surface area (Å²) in [6, 6.07) is 16.3. The number of amides is 2. The Hall–Kier alpha value is -2.19. The maximum atomic E-state index is 12.4. The monoisotopic (exact) mass is 436 g/mol. The summed E-state index contributed by atoms with van der Waals surface area (Å²) < 4.78 is 1.02. The number of nitrogens with one attached hydrogen (secondary N) is 2. The Morgan fingerprint density at radius 2 is 1.71 bits per heavy atom. The van der Waals surface area contributed by atoms with Crippen molar-refractivity contribution in [3.05, 3.63) is 75.0 Å². The molecule has 0 fully saturated rings. The van der Waals surface area contributed by atoms with Crippen LogP contribution in [0.2, 0.25) is 0 Å². The van der Waals surface area contributed by atoms with E-state index in [-0.39, 0.29) is 24.8 Å². The lowest BCUT2D eigenvalue weighted by atomic mass is 10.1. The summed E-state index contributed by atoms with van der Waals surface area (Å²) in [5.74, 6) is -0.820. The fraction of sp³-hybridized carbons (Fsp3) is 0.111. The van der Waals surface area contributed by atoms with Gasteiger partial charge in [-0.3, -0.25) is 9.59 Å². The molecule has 24 heavy (non-hydrogen) atoms. The predicted molar refractivity (Wildman–Crippen MR) is 101 cm³/mol. The molecule has 124 valence electrons. The molecule has 3 N–H and O–H groups in total. The van der Waals surface area contributed by atoms with Gasteiger partial charge in [0.05, 0.1) is 6.61 Å². The van der Waals surface area contributed by atoms with E-state index >= 15 is 0 Å². The van der Waals surface area contributed by atoms with Crippen LogP contribution in [0.4, 0.5) is 0 Å². The zero-order valence-electron chi connectivity index (χ0n) is 12.8. The van der Waals surface area contributed by atoms with Gasteiger partial charge in [-0.2, -0.15) is 0 Å². The van der Waals surface area contributed by atoms with E-state index in [1.807, 2.05) is 42.5 Å². The lowest BCUT2D eigenvalue weighted by Gasteiger charge is -2.10. The van der Waals surface area contributed by atoms with Crippen molar-refractivity contribution in [2.75, 3.05) is 13.2 Å². The minimum atomic E-state index is -0.452. The molecule has 0 aliphatic carbocycles. The highest BCUT2D eigenvalue weighted by atomic mass is 127. The van der Waals surface area contributed by atoms with Gasteiger partial charge in [-0.05, 0) is 58.5 Å². The van der Waals surface area contributed by atoms with E-state index in [1.165, 1.54) is 0 Å². The summed E-state index contributed by atoms with van der Waals surface area (Å²) in [5.41, 5.74) is 1.37. The second-order valence-corrected chi connectivity index (χ2v) is 6.15. The molecule has 2 aromatic rings. The Balaban J connectivity index is 2.22. The van der Waals surface area contributed by atoms with E-state index < -0.39 is 5.91 Å². The van der Waals surface area contributed by atoms with Crippen LogP contribution in [0, 0.1) is 3.57 Å². The second kappa shape index (κ2) is 9.19. The minimum Gasteiger partial charge on any atom is -0.395 e. The van der Waals surface area contributed by atoms with E-state index in [0.717, 1.165) is 9.13 Å². The third kappa shape index (κ3) is 5.47. The molecule has 0 heterocycles. The summed E-state index contributed by atoms with van der Waals surface area (Å²) in [5, 5.41) is 14.0. The SMILES string of the molecule is O=C(NCCO)C(=Cc1ccccc1)NC(=O)c1ccc(I)cc1. The third-order valence-electron chi connectivity index (χ3n) is 3.11. The summed E-state index contributed by atoms with van der Waals surface area (Å²) in [4.78, 5) is 24.6. The normalized spacial score (nSPS) is 11.0. The Labute approximate surface area is 153 Å². The van der Waals surface area contributed by atoms with E-state index in [4.69, 9.17) is 5.11 Å². The fourth-order valence-electron chi connectivity index (χ4n) is 1.93. The Kier molecular flexibility index (Phi) is 6.95. The maximum absolute atomic E-state index is 12.4. The third-order valence-corrected chi connectivity index (χ3v) is 3.83. The summed E-state index contributed by atoms with van der Waals surface area (Å²) in [6.45, 7) is -0.0558. The van der Waals surface area contributed by atoms with Crippen LogP contribution in [0.5, 0.6) is 0 Å². The summed E-state index contributed by atoms with van der Waals surface area (Å²) in [7, 11) is 0. The Bertz CT molecular complexity index is 728. The van der Waals surface area contributed by atoms with Crippen LogP contribution in [-0.4, -0.2) is 30.1 Å². The average molecular weight is 436 g/mol. The number of aliphatic hydroxyl groups excluding tert-OH is 1. The molecule has 5 nitrogen and oxygen atoms in total. The Morgan fingerprint density at radius 3 is 2.33 bits per heavy atom. The van der Waals surface area contributed by atoms with Crippen LogP contribution >= 0.6 is 22.6 Å². The van der Waals surface area contributed by atoms with Crippen molar-refractivity contribution < 1.29 is 14.7 Å². The predicted octanol–water partition coefficient (Wildman–Crippen LogP) is 2.17. The lowest BCUT2D eigenvalue weighted by Crippen LogP contribution is -2.36. The largest absolute Gasteiger partial charge is 0.395 e. The van der Waals surface area contributed by atoms with Gasteiger partial charge in [-0.25, -0.2) is 0 Å². The molecular weight excluding hydrogens is 419 g/mol. The molecule has 0 aliphatic heterocycles. The molecule has 6 heteroatoms. The molecule has 0 radical (unpaired) electrons. The molecular formula is C18H17IN2O3. The Morgan fingerprint density at radius 1 is 1.04 bits per heavy atom. The van der Waals surface area contributed by atoms with Gasteiger partial charge in [-0.1, -0.05) is 30.3 Å². The number of rotatable bonds is 6. The average Bonchev–Trinajstić information content (AvgIpc) is 2.60. The molecule has 0 spiro atoms. The van der Waals surface area contributed by atoms with E-state index in [1.54, 1.807) is 18.2 Å². The van der Waals surface area contributed by atoms with Crippen molar-refractivity contribution in [1.29, 1.82) is 0 Å². The van der Waals surface area contributed by atoms with E-state index in [9.17, 15) is 9.59 Å². The lowest BCUT2D eigenvalue weighted by molar-refractivity contribution is -0.117. The van der Waals surface area contributed by atoms with Crippen molar-refractivity contribution in [1.82, 2.24) is 10.6 Å². The standard InChI is InChI=1S/C18H17IN2O3/c19-15-8-6-14(7-9-15)17(23)21-16(18(24)20-10-11-22)12-13-4-2-1-3-5-13/h1-9,12,22H,10-11H2,(H,20,24)(H,21,23). The maximum Gasteiger partial charge on any atom is 0.267 e. The van der Waals surface area contributed by atoms with Crippen LogP contribution in [0.25, 0.3) is 6.08 Å². The van der Waals surface area contributed by atoms with Gasteiger partial charge in [0.1, 0.15) is 5.70 Å². The molecule has 0 aliphatic rings. The number of halogens is 1. The van der Waals surface area contributed by atoms with Gasteiger partial charge in [0.2, 0.25) is 0 Å². The molecule has 0 saturated heterocycles. The van der Waals surface area contributed by atoms with Gasteiger partial charge in [-0.15, -0.1) is 0 Å². The van der Waals surface area contributed by atoms with Crippen LogP contribution < -0.4 is 10.6 Å². The quantitative estimate of drug-likeness (QED) is 0.480. The number of benzene rings is 2. The first-order valence-corrected chi connectivity index (χ1v) is 8.41. The van der Waals surface area contributed by atoms with Gasteiger partial charge in [0, 0.05) is 15.7 Å².